The summed E-state index contributed by atoms with van der Waals surface area (Å²) in [5.74, 6) is 1.19. The molecule has 1 amide bonds. The summed E-state index contributed by atoms with van der Waals surface area (Å²) >= 11 is 0. The third-order valence-corrected chi connectivity index (χ3v) is 4.99. The third kappa shape index (κ3) is 5.27. The van der Waals surface area contributed by atoms with Crippen molar-refractivity contribution < 1.29 is 9.21 Å². The van der Waals surface area contributed by atoms with Crippen molar-refractivity contribution in [3.05, 3.63) is 96.4 Å². The largest absolute Gasteiger partial charge is 0.440 e. The highest BCUT2D eigenvalue weighted by Gasteiger charge is 2.17. The van der Waals surface area contributed by atoms with E-state index in [1.165, 1.54) is 0 Å². The van der Waals surface area contributed by atoms with Crippen LogP contribution < -0.4 is 11.1 Å². The van der Waals surface area contributed by atoms with Crippen LogP contribution in [0.3, 0.4) is 0 Å². The monoisotopic (exact) mass is 411 g/mol. The standard InChI is InChI=1S/C26H25N3O2/c27-18-17-19-11-13-22(14-12-19)28-23(30)15-16-24-29-25(20-7-3-1-4-8-20)26(31-24)21-9-5-2-6-10-21/h1-14H,15-18,27H2,(H,28,30). The van der Waals surface area contributed by atoms with Crippen molar-refractivity contribution >= 4 is 11.6 Å². The summed E-state index contributed by atoms with van der Waals surface area (Å²) in [5, 5.41) is 2.93. The van der Waals surface area contributed by atoms with E-state index in [1.54, 1.807) is 0 Å². The topological polar surface area (TPSA) is 81.1 Å². The number of carbonyl (C=O) groups excluding carboxylic acids is 1. The first-order chi connectivity index (χ1) is 15.2. The Morgan fingerprint density at radius 3 is 2.13 bits per heavy atom. The van der Waals surface area contributed by atoms with Gasteiger partial charge in [0.15, 0.2) is 11.7 Å². The second-order valence-electron chi connectivity index (χ2n) is 7.30. The average Bonchev–Trinajstić information content (AvgIpc) is 3.25. The molecule has 0 aliphatic rings. The first-order valence-corrected chi connectivity index (χ1v) is 10.4. The van der Waals surface area contributed by atoms with Gasteiger partial charge in [-0.25, -0.2) is 4.98 Å². The molecule has 0 fully saturated rings. The first-order valence-electron chi connectivity index (χ1n) is 10.4. The van der Waals surface area contributed by atoms with Crippen molar-refractivity contribution in [3.8, 4) is 22.6 Å². The van der Waals surface area contributed by atoms with Gasteiger partial charge in [-0.3, -0.25) is 4.79 Å². The van der Waals surface area contributed by atoms with Crippen molar-refractivity contribution in [3.63, 3.8) is 0 Å². The minimum absolute atomic E-state index is 0.0766. The number of aromatic nitrogens is 1. The Kier molecular flexibility index (Phi) is 6.55. The molecule has 0 aliphatic heterocycles. The molecule has 0 atom stereocenters. The number of anilines is 1. The van der Waals surface area contributed by atoms with Crippen molar-refractivity contribution in [1.29, 1.82) is 0 Å². The Balaban J connectivity index is 1.47. The van der Waals surface area contributed by atoms with E-state index in [-0.39, 0.29) is 12.3 Å². The summed E-state index contributed by atoms with van der Waals surface area (Å²) in [6, 6.07) is 27.6. The number of carbonyl (C=O) groups is 1. The molecule has 0 saturated carbocycles. The maximum absolute atomic E-state index is 12.4. The van der Waals surface area contributed by atoms with E-state index in [9.17, 15) is 4.79 Å². The lowest BCUT2D eigenvalue weighted by Gasteiger charge is -2.05. The molecule has 1 aromatic heterocycles. The van der Waals surface area contributed by atoms with Gasteiger partial charge in [0, 0.05) is 29.7 Å². The predicted octanol–water partition coefficient (Wildman–Crippen LogP) is 5.08. The maximum Gasteiger partial charge on any atom is 0.224 e. The van der Waals surface area contributed by atoms with Crippen LogP contribution in [0, 0.1) is 0 Å². The number of hydrogen-bond acceptors (Lipinski definition) is 4. The second-order valence-corrected chi connectivity index (χ2v) is 7.30. The molecule has 31 heavy (non-hydrogen) atoms. The number of amides is 1. The van der Waals surface area contributed by atoms with Crippen LogP contribution in [0.2, 0.25) is 0 Å². The smallest absolute Gasteiger partial charge is 0.224 e. The lowest BCUT2D eigenvalue weighted by Crippen LogP contribution is -2.12. The zero-order valence-electron chi connectivity index (χ0n) is 17.3. The molecule has 0 aliphatic carbocycles. The molecule has 4 rings (SSSR count). The number of nitrogens with two attached hydrogens (primary N) is 1. The Morgan fingerprint density at radius 2 is 1.48 bits per heavy atom. The van der Waals surface area contributed by atoms with E-state index in [0.717, 1.165) is 40.3 Å². The van der Waals surface area contributed by atoms with Gasteiger partial charge in [-0.15, -0.1) is 0 Å². The molecular formula is C26H25N3O2. The van der Waals surface area contributed by atoms with Crippen LogP contribution in [0.15, 0.2) is 89.3 Å². The number of benzene rings is 3. The molecule has 1 heterocycles. The number of rotatable bonds is 8. The zero-order valence-corrected chi connectivity index (χ0v) is 17.3. The summed E-state index contributed by atoms with van der Waals surface area (Å²) in [6.07, 6.45) is 1.53. The number of nitrogens with one attached hydrogen (secondary N) is 1. The minimum atomic E-state index is -0.0766. The molecule has 3 aromatic carbocycles. The highest BCUT2D eigenvalue weighted by Crippen LogP contribution is 2.32. The van der Waals surface area contributed by atoms with Gasteiger partial charge in [0.1, 0.15) is 5.69 Å². The summed E-state index contributed by atoms with van der Waals surface area (Å²) < 4.78 is 6.10. The average molecular weight is 412 g/mol. The molecule has 0 unspecified atom stereocenters. The molecule has 4 aromatic rings. The molecule has 3 N–H and O–H groups in total. The van der Waals surface area contributed by atoms with Gasteiger partial charge in [0.2, 0.25) is 5.91 Å². The molecule has 0 radical (unpaired) electrons. The minimum Gasteiger partial charge on any atom is -0.440 e. The van der Waals surface area contributed by atoms with Crippen molar-refractivity contribution in [1.82, 2.24) is 4.98 Å². The lowest BCUT2D eigenvalue weighted by atomic mass is 10.1. The van der Waals surface area contributed by atoms with Gasteiger partial charge >= 0.3 is 0 Å². The fourth-order valence-corrected chi connectivity index (χ4v) is 3.41. The number of nitrogens with zero attached hydrogens (tertiary/aromatic N) is 1. The SMILES string of the molecule is NCCc1ccc(NC(=O)CCc2nc(-c3ccccc3)c(-c3ccccc3)o2)cc1. The van der Waals surface area contributed by atoms with Crippen LogP contribution in [-0.4, -0.2) is 17.4 Å². The third-order valence-electron chi connectivity index (χ3n) is 4.99. The summed E-state index contributed by atoms with van der Waals surface area (Å²) in [7, 11) is 0. The van der Waals surface area contributed by atoms with E-state index < -0.39 is 0 Å². The van der Waals surface area contributed by atoms with Gasteiger partial charge in [0.05, 0.1) is 0 Å². The van der Waals surface area contributed by atoms with Crippen LogP contribution in [-0.2, 0) is 17.6 Å². The van der Waals surface area contributed by atoms with Gasteiger partial charge in [-0.2, -0.15) is 0 Å². The van der Waals surface area contributed by atoms with Crippen LogP contribution in [0.5, 0.6) is 0 Å². The van der Waals surface area contributed by atoms with E-state index in [4.69, 9.17) is 15.1 Å². The zero-order chi connectivity index (χ0) is 21.5. The quantitative estimate of drug-likeness (QED) is 0.424. The molecule has 0 saturated heterocycles. The fourth-order valence-electron chi connectivity index (χ4n) is 3.41. The Morgan fingerprint density at radius 1 is 0.839 bits per heavy atom. The Hall–Kier alpha value is -3.70. The van der Waals surface area contributed by atoms with E-state index >= 15 is 0 Å². The predicted molar refractivity (Wildman–Crippen MR) is 124 cm³/mol. The molecule has 5 heteroatoms. The van der Waals surface area contributed by atoms with Crippen LogP contribution >= 0.6 is 0 Å². The molecule has 5 nitrogen and oxygen atoms in total. The summed E-state index contributed by atoms with van der Waals surface area (Å²) in [4.78, 5) is 17.1. The number of aryl methyl sites for hydroxylation is 1. The Bertz CT molecular complexity index is 1060. The van der Waals surface area contributed by atoms with E-state index in [1.807, 2.05) is 84.9 Å². The molecule has 156 valence electrons. The maximum atomic E-state index is 12.4. The van der Waals surface area contributed by atoms with Gasteiger partial charge in [0.25, 0.3) is 0 Å². The molecule has 0 spiro atoms. The number of hydrogen-bond donors (Lipinski definition) is 2. The van der Waals surface area contributed by atoms with Crippen molar-refractivity contribution in [2.24, 2.45) is 5.73 Å². The van der Waals surface area contributed by atoms with Crippen LogP contribution in [0.25, 0.3) is 22.6 Å². The lowest BCUT2D eigenvalue weighted by molar-refractivity contribution is -0.116. The van der Waals surface area contributed by atoms with E-state index in [2.05, 4.69) is 5.32 Å². The van der Waals surface area contributed by atoms with E-state index in [0.29, 0.717) is 18.9 Å². The van der Waals surface area contributed by atoms with Crippen LogP contribution in [0.1, 0.15) is 17.9 Å². The molecular weight excluding hydrogens is 386 g/mol. The van der Waals surface area contributed by atoms with Gasteiger partial charge in [-0.1, -0.05) is 72.8 Å². The molecule has 0 bridgehead atoms. The Labute approximate surface area is 181 Å². The first kappa shape index (κ1) is 20.6. The summed E-state index contributed by atoms with van der Waals surface area (Å²) in [6.45, 7) is 0.609. The van der Waals surface area contributed by atoms with Crippen LogP contribution in [0.4, 0.5) is 5.69 Å². The van der Waals surface area contributed by atoms with Gasteiger partial charge < -0.3 is 15.5 Å². The fraction of sp³-hybridized carbons (Fsp3) is 0.154. The van der Waals surface area contributed by atoms with Crippen molar-refractivity contribution in [2.45, 2.75) is 19.3 Å². The highest BCUT2D eigenvalue weighted by atomic mass is 16.4. The van der Waals surface area contributed by atoms with Gasteiger partial charge in [-0.05, 0) is 30.7 Å². The normalized spacial score (nSPS) is 10.7. The summed E-state index contributed by atoms with van der Waals surface area (Å²) in [5.41, 5.74) is 10.2. The van der Waals surface area contributed by atoms with Crippen molar-refractivity contribution in [2.75, 3.05) is 11.9 Å². The highest BCUT2D eigenvalue weighted by molar-refractivity contribution is 5.90. The second kappa shape index (κ2) is 9.87. The number of oxazole rings is 1.